The minimum absolute atomic E-state index is 0.0714. The van der Waals surface area contributed by atoms with Gasteiger partial charge >= 0.3 is 0 Å². The van der Waals surface area contributed by atoms with Gasteiger partial charge in [0.25, 0.3) is 0 Å². The molecule has 1 aromatic carbocycles. The van der Waals surface area contributed by atoms with Crippen LogP contribution in [-0.4, -0.2) is 31.5 Å². The van der Waals surface area contributed by atoms with Crippen molar-refractivity contribution >= 4 is 33.9 Å². The van der Waals surface area contributed by atoms with E-state index >= 15 is 0 Å². The van der Waals surface area contributed by atoms with E-state index in [2.05, 4.69) is 34.5 Å². The second-order valence-electron chi connectivity index (χ2n) is 5.12. The van der Waals surface area contributed by atoms with Crippen LogP contribution in [0.1, 0.15) is 17.0 Å². The molecule has 0 aliphatic rings. The van der Waals surface area contributed by atoms with Crippen LogP contribution in [0.5, 0.6) is 0 Å². The predicted molar refractivity (Wildman–Crippen MR) is 99.5 cm³/mol. The van der Waals surface area contributed by atoms with Crippen LogP contribution in [0.15, 0.2) is 35.1 Å². The molecule has 0 saturated heterocycles. The largest absolute Gasteiger partial charge is 0.428 e. The van der Waals surface area contributed by atoms with Gasteiger partial charge in [-0.05, 0) is 24.0 Å². The topological polar surface area (TPSA) is 139 Å². The summed E-state index contributed by atoms with van der Waals surface area (Å²) in [6, 6.07) is 8.32. The monoisotopic (exact) mass is 364 g/mol. The molecule has 0 amide bonds. The zero-order valence-electron chi connectivity index (χ0n) is 13.1. The number of hydrogen-bond donors (Lipinski definition) is 4. The summed E-state index contributed by atoms with van der Waals surface area (Å²) in [4.78, 5) is 0. The minimum Gasteiger partial charge on any atom is -0.428 e. The van der Waals surface area contributed by atoms with E-state index in [1.807, 2.05) is 0 Å². The number of hydrogen-bond acceptors (Lipinski definition) is 7. The number of thioether (sulfide) groups is 2. The maximum atomic E-state index is 7.51. The summed E-state index contributed by atoms with van der Waals surface area (Å²) in [5, 5.41) is 22.6. The molecule has 2 aromatic rings. The highest BCUT2D eigenvalue weighted by molar-refractivity contribution is 8.14. The van der Waals surface area contributed by atoms with E-state index in [4.69, 9.17) is 26.7 Å². The van der Waals surface area contributed by atoms with Gasteiger partial charge in [0, 0.05) is 17.4 Å². The third kappa shape index (κ3) is 6.63. The van der Waals surface area contributed by atoms with Gasteiger partial charge in [-0.15, -0.1) is 10.2 Å². The fraction of sp³-hybridized carbons (Fsp3) is 0.333. The van der Waals surface area contributed by atoms with Crippen LogP contribution in [0.2, 0.25) is 0 Å². The number of rotatable bonds is 8. The van der Waals surface area contributed by atoms with Gasteiger partial charge in [-0.3, -0.25) is 10.8 Å². The van der Waals surface area contributed by atoms with Crippen molar-refractivity contribution in [2.75, 3.05) is 5.75 Å². The van der Waals surface area contributed by atoms with Gasteiger partial charge in [0.15, 0.2) is 10.3 Å². The van der Waals surface area contributed by atoms with Crippen molar-refractivity contribution in [1.29, 1.82) is 10.8 Å². The van der Waals surface area contributed by atoms with E-state index in [0.717, 1.165) is 24.2 Å². The van der Waals surface area contributed by atoms with Crippen LogP contribution in [0, 0.1) is 10.8 Å². The van der Waals surface area contributed by atoms with Crippen molar-refractivity contribution < 1.29 is 4.42 Å². The molecule has 0 unspecified atom stereocenters. The Morgan fingerprint density at radius 1 is 1.08 bits per heavy atom. The fourth-order valence-electron chi connectivity index (χ4n) is 2.20. The summed E-state index contributed by atoms with van der Waals surface area (Å²) in [5.74, 6) is 1.35. The van der Waals surface area contributed by atoms with Crippen LogP contribution in [0.4, 0.5) is 0 Å². The SMILES string of the molecule is N=C(N)SCCc1ccc(C[C@@H](Cc2nnco2)SC(=N)N)cc1. The second-order valence-corrected chi connectivity index (χ2v) is 7.60. The Balaban J connectivity index is 1.92. The van der Waals surface area contributed by atoms with Crippen molar-refractivity contribution in [2.24, 2.45) is 11.5 Å². The standard InChI is InChI=1S/C15H20N6OS2/c16-14(17)23-6-5-10-1-3-11(4-2-10)7-12(24-15(18)19)8-13-21-20-9-22-13/h1-4,9,12H,5-8H2,(H3,16,17)(H3,18,19)/t12-/m0/s1. The molecule has 0 aliphatic heterocycles. The number of aromatic nitrogens is 2. The Kier molecular flexibility index (Phi) is 7.13. The molecule has 0 spiro atoms. The maximum Gasteiger partial charge on any atom is 0.217 e. The van der Waals surface area contributed by atoms with E-state index in [0.29, 0.717) is 12.3 Å². The van der Waals surface area contributed by atoms with E-state index in [1.54, 1.807) is 0 Å². The second kappa shape index (κ2) is 9.33. The lowest BCUT2D eigenvalue weighted by molar-refractivity contribution is 0.488. The van der Waals surface area contributed by atoms with E-state index in [-0.39, 0.29) is 15.6 Å². The molecule has 128 valence electrons. The highest BCUT2D eigenvalue weighted by Gasteiger charge is 2.16. The highest BCUT2D eigenvalue weighted by Crippen LogP contribution is 2.20. The summed E-state index contributed by atoms with van der Waals surface area (Å²) < 4.78 is 5.19. The molecule has 1 atom stereocenters. The first-order chi connectivity index (χ1) is 11.5. The molecule has 0 bridgehead atoms. The average molecular weight is 365 g/mol. The molecule has 2 rings (SSSR count). The molecule has 1 heterocycles. The van der Waals surface area contributed by atoms with Gasteiger partial charge in [-0.1, -0.05) is 47.8 Å². The van der Waals surface area contributed by atoms with Crippen molar-refractivity contribution in [3.8, 4) is 0 Å². The quantitative estimate of drug-likeness (QED) is 0.415. The Hall–Kier alpha value is -2.00. The van der Waals surface area contributed by atoms with Gasteiger partial charge in [0.05, 0.1) is 0 Å². The molecular formula is C15H20N6OS2. The van der Waals surface area contributed by atoms with Crippen molar-refractivity contribution in [2.45, 2.75) is 24.5 Å². The van der Waals surface area contributed by atoms with Crippen LogP contribution in [0.25, 0.3) is 0 Å². The summed E-state index contributed by atoms with van der Waals surface area (Å²) in [7, 11) is 0. The Labute approximate surface area is 149 Å². The van der Waals surface area contributed by atoms with Crippen molar-refractivity contribution in [3.05, 3.63) is 47.7 Å². The normalized spacial score (nSPS) is 12.0. The Bertz CT molecular complexity index is 659. The lowest BCUT2D eigenvalue weighted by atomic mass is 10.0. The Morgan fingerprint density at radius 2 is 1.79 bits per heavy atom. The fourth-order valence-corrected chi connectivity index (χ4v) is 3.62. The smallest absolute Gasteiger partial charge is 0.217 e. The number of amidine groups is 2. The predicted octanol–water partition coefficient (Wildman–Crippen LogP) is 2.02. The molecule has 0 saturated carbocycles. The number of benzene rings is 1. The molecular weight excluding hydrogens is 344 g/mol. The summed E-state index contributed by atoms with van der Waals surface area (Å²) in [6.07, 6.45) is 3.51. The van der Waals surface area contributed by atoms with E-state index in [1.165, 1.54) is 35.5 Å². The molecule has 0 aliphatic carbocycles. The van der Waals surface area contributed by atoms with E-state index in [9.17, 15) is 0 Å². The molecule has 0 radical (unpaired) electrons. The Morgan fingerprint density at radius 3 is 2.38 bits per heavy atom. The van der Waals surface area contributed by atoms with Crippen molar-refractivity contribution in [1.82, 2.24) is 10.2 Å². The first-order valence-electron chi connectivity index (χ1n) is 7.33. The molecule has 9 heteroatoms. The van der Waals surface area contributed by atoms with Gasteiger partial charge in [-0.25, -0.2) is 0 Å². The summed E-state index contributed by atoms with van der Waals surface area (Å²) in [5.41, 5.74) is 13.2. The molecule has 0 fully saturated rings. The molecule has 1 aromatic heterocycles. The summed E-state index contributed by atoms with van der Waals surface area (Å²) >= 11 is 2.65. The number of aryl methyl sites for hydroxylation is 1. The third-order valence-corrected chi connectivity index (χ3v) is 4.88. The van der Waals surface area contributed by atoms with Gasteiger partial charge in [0.2, 0.25) is 12.3 Å². The van der Waals surface area contributed by atoms with Crippen LogP contribution in [0.3, 0.4) is 0 Å². The lowest BCUT2D eigenvalue weighted by Crippen LogP contribution is -2.17. The first kappa shape index (κ1) is 18.3. The number of nitrogens with zero attached hydrogens (tertiary/aromatic N) is 2. The highest BCUT2D eigenvalue weighted by atomic mass is 32.2. The lowest BCUT2D eigenvalue weighted by Gasteiger charge is -2.14. The number of nitrogens with one attached hydrogen (secondary N) is 2. The van der Waals surface area contributed by atoms with Gasteiger partial charge in [-0.2, -0.15) is 0 Å². The van der Waals surface area contributed by atoms with Crippen LogP contribution < -0.4 is 11.5 Å². The maximum absolute atomic E-state index is 7.51. The zero-order chi connectivity index (χ0) is 17.4. The van der Waals surface area contributed by atoms with E-state index < -0.39 is 0 Å². The molecule has 24 heavy (non-hydrogen) atoms. The van der Waals surface area contributed by atoms with Crippen LogP contribution in [-0.2, 0) is 19.3 Å². The molecule has 7 nitrogen and oxygen atoms in total. The number of nitrogens with two attached hydrogens (primary N) is 2. The minimum atomic E-state index is 0.0714. The van der Waals surface area contributed by atoms with Crippen molar-refractivity contribution in [3.63, 3.8) is 0 Å². The zero-order valence-corrected chi connectivity index (χ0v) is 14.7. The molecule has 6 N–H and O–H groups in total. The third-order valence-electron chi connectivity index (χ3n) is 3.24. The van der Waals surface area contributed by atoms with Gasteiger partial charge in [0.1, 0.15) is 0 Å². The first-order valence-corrected chi connectivity index (χ1v) is 9.20. The van der Waals surface area contributed by atoms with Gasteiger partial charge < -0.3 is 15.9 Å². The average Bonchev–Trinajstić information content (AvgIpc) is 3.01. The summed E-state index contributed by atoms with van der Waals surface area (Å²) in [6.45, 7) is 0. The van der Waals surface area contributed by atoms with Crippen LogP contribution >= 0.6 is 23.5 Å².